The van der Waals surface area contributed by atoms with Gasteiger partial charge in [-0.15, -0.1) is 0 Å². The number of Topliss-reactive ketones (excluding diaryl/α,β-unsaturated/α-hetero) is 1. The molecule has 0 heterocycles. The van der Waals surface area contributed by atoms with E-state index in [4.69, 9.17) is 0 Å². The summed E-state index contributed by atoms with van der Waals surface area (Å²) in [6.07, 6.45) is 12.2. The van der Waals surface area contributed by atoms with Crippen LogP contribution in [0.3, 0.4) is 0 Å². The maximum absolute atomic E-state index is 14.0. The van der Waals surface area contributed by atoms with Crippen LogP contribution in [0.2, 0.25) is 0 Å². The average molecular weight is 439 g/mol. The molecule has 178 valence electrons. The Bertz CT molecular complexity index is 908. The number of fused-ring (bicyclic) bond motifs is 7. The van der Waals surface area contributed by atoms with Crippen LogP contribution in [-0.4, -0.2) is 17.0 Å². The third-order valence-corrected chi connectivity index (χ3v) is 12.3. The van der Waals surface area contributed by atoms with E-state index in [1.54, 1.807) is 11.1 Å². The highest BCUT2D eigenvalue weighted by Crippen LogP contribution is 2.75. The van der Waals surface area contributed by atoms with E-state index in [1.165, 1.54) is 25.7 Å². The fraction of sp³-hybridized carbons (Fsp3) is 0.833. The number of hydrogen-bond donors (Lipinski definition) is 1. The largest absolute Gasteiger partial charge is 0.393 e. The molecule has 0 amide bonds. The van der Waals surface area contributed by atoms with E-state index < -0.39 is 0 Å². The van der Waals surface area contributed by atoms with E-state index >= 15 is 0 Å². The minimum Gasteiger partial charge on any atom is -0.393 e. The number of aliphatic hydroxyl groups excluding tert-OH is 1. The minimum absolute atomic E-state index is 0.00950. The minimum atomic E-state index is -0.366. The Morgan fingerprint density at radius 1 is 0.969 bits per heavy atom. The van der Waals surface area contributed by atoms with Crippen LogP contribution in [0.25, 0.3) is 0 Å². The Kier molecular flexibility index (Phi) is 4.73. The molecule has 5 aliphatic carbocycles. The maximum Gasteiger partial charge on any atom is 0.137 e. The Hall–Kier alpha value is -0.890. The van der Waals surface area contributed by atoms with Gasteiger partial charge >= 0.3 is 0 Å². The highest BCUT2D eigenvalue weighted by atomic mass is 16.3. The van der Waals surface area contributed by atoms with Crippen molar-refractivity contribution in [3.05, 3.63) is 23.3 Å². The first-order valence-corrected chi connectivity index (χ1v) is 13.4. The van der Waals surface area contributed by atoms with Gasteiger partial charge < -0.3 is 5.11 Å². The van der Waals surface area contributed by atoms with Gasteiger partial charge in [0, 0.05) is 17.8 Å². The van der Waals surface area contributed by atoms with Crippen molar-refractivity contribution in [2.24, 2.45) is 50.7 Å². The number of aliphatic hydroxyl groups is 1. The zero-order chi connectivity index (χ0) is 23.5. The normalized spacial score (nSPS) is 51.9. The predicted octanol–water partition coefficient (Wildman–Crippen LogP) is 7.12. The van der Waals surface area contributed by atoms with E-state index in [0.29, 0.717) is 30.0 Å². The lowest BCUT2D eigenvalue weighted by Gasteiger charge is -2.71. The molecular formula is C30H46O2. The molecule has 0 spiro atoms. The Labute approximate surface area is 196 Å². The molecule has 0 bridgehead atoms. The monoisotopic (exact) mass is 438 g/mol. The van der Waals surface area contributed by atoms with Crippen LogP contribution >= 0.6 is 0 Å². The number of carbonyl (C=O) groups is 1. The molecule has 32 heavy (non-hydrogen) atoms. The van der Waals surface area contributed by atoms with Gasteiger partial charge in [-0.1, -0.05) is 73.1 Å². The fourth-order valence-corrected chi connectivity index (χ4v) is 10.6. The lowest BCUT2D eigenvalue weighted by atomic mass is 9.33. The van der Waals surface area contributed by atoms with Crippen LogP contribution in [0.4, 0.5) is 0 Å². The zero-order valence-corrected chi connectivity index (χ0v) is 21.8. The van der Waals surface area contributed by atoms with Crippen molar-refractivity contribution >= 4 is 5.78 Å². The molecule has 0 saturated heterocycles. The molecule has 2 heteroatoms. The first-order valence-electron chi connectivity index (χ1n) is 13.4. The van der Waals surface area contributed by atoms with Gasteiger partial charge in [-0.2, -0.15) is 0 Å². The number of allylic oxidation sites excluding steroid dienone is 4. The van der Waals surface area contributed by atoms with Crippen LogP contribution in [-0.2, 0) is 4.79 Å². The van der Waals surface area contributed by atoms with Gasteiger partial charge in [0.1, 0.15) is 5.78 Å². The summed E-state index contributed by atoms with van der Waals surface area (Å²) in [5.41, 5.74) is 3.25. The predicted molar refractivity (Wildman–Crippen MR) is 131 cm³/mol. The molecule has 8 atom stereocenters. The van der Waals surface area contributed by atoms with Crippen LogP contribution < -0.4 is 0 Å². The highest BCUT2D eigenvalue weighted by Gasteiger charge is 2.71. The highest BCUT2D eigenvalue weighted by molar-refractivity contribution is 5.85. The van der Waals surface area contributed by atoms with Gasteiger partial charge in [-0.05, 0) is 83.5 Å². The third-order valence-electron chi connectivity index (χ3n) is 12.3. The number of carbonyl (C=O) groups excluding carboxylic acids is 1. The summed E-state index contributed by atoms with van der Waals surface area (Å²) in [6.45, 7) is 19.0. The number of rotatable bonds is 1. The van der Waals surface area contributed by atoms with E-state index in [9.17, 15) is 9.90 Å². The molecule has 0 aromatic heterocycles. The van der Waals surface area contributed by atoms with Crippen LogP contribution in [0, 0.1) is 50.7 Å². The van der Waals surface area contributed by atoms with E-state index in [2.05, 4.69) is 67.5 Å². The fourth-order valence-electron chi connectivity index (χ4n) is 10.6. The Morgan fingerprint density at radius 2 is 1.62 bits per heavy atom. The summed E-state index contributed by atoms with van der Waals surface area (Å²) in [7, 11) is 0. The SMILES string of the molecule is CC(C)C1=C2C=C[C@]3(C)[C@H](CC[C@@H]4[C@@]5(C)CC[C@H](O)C(C)(C)[C@@H]5C(=O)C[C@]43C)[C@@]2(C)CC1. The summed E-state index contributed by atoms with van der Waals surface area (Å²) in [4.78, 5) is 14.0. The van der Waals surface area contributed by atoms with Gasteiger partial charge in [0.05, 0.1) is 6.10 Å². The van der Waals surface area contributed by atoms with Crippen LogP contribution in [0.1, 0.15) is 100 Å². The van der Waals surface area contributed by atoms with Crippen molar-refractivity contribution in [2.45, 2.75) is 106 Å². The summed E-state index contributed by atoms with van der Waals surface area (Å²) in [5.74, 6) is 2.18. The van der Waals surface area contributed by atoms with Gasteiger partial charge in [0.2, 0.25) is 0 Å². The van der Waals surface area contributed by atoms with Crippen molar-refractivity contribution < 1.29 is 9.90 Å². The van der Waals surface area contributed by atoms with Crippen molar-refractivity contribution in [1.82, 2.24) is 0 Å². The quantitative estimate of drug-likeness (QED) is 0.473. The summed E-state index contributed by atoms with van der Waals surface area (Å²) < 4.78 is 0. The molecule has 0 radical (unpaired) electrons. The standard InChI is InChI=1S/C30H46O2/c1-18(2)19-11-14-27(5)20(19)12-16-29(7)22(27)9-10-23-28(6)15-13-24(32)26(3,4)25(28)21(31)17-30(23,29)8/h12,16,18,22-25,32H,9-11,13-15,17H2,1-8H3/t22-,23-,24+,25+,27+,28-,29-,30-/m1/s1. The smallest absolute Gasteiger partial charge is 0.137 e. The molecule has 3 fully saturated rings. The van der Waals surface area contributed by atoms with Gasteiger partial charge in [-0.25, -0.2) is 0 Å². The van der Waals surface area contributed by atoms with E-state index in [0.717, 1.165) is 12.8 Å². The number of hydrogen-bond acceptors (Lipinski definition) is 2. The van der Waals surface area contributed by atoms with Crippen molar-refractivity contribution in [3.8, 4) is 0 Å². The summed E-state index contributed by atoms with van der Waals surface area (Å²) in [5, 5.41) is 10.8. The zero-order valence-electron chi connectivity index (χ0n) is 21.8. The molecule has 1 N–H and O–H groups in total. The topological polar surface area (TPSA) is 37.3 Å². The molecule has 2 nitrogen and oxygen atoms in total. The first-order chi connectivity index (χ1) is 14.7. The van der Waals surface area contributed by atoms with E-state index in [-0.39, 0.29) is 39.1 Å². The van der Waals surface area contributed by atoms with Gasteiger partial charge in [-0.3, -0.25) is 4.79 Å². The van der Waals surface area contributed by atoms with E-state index in [1.807, 2.05) is 0 Å². The lowest BCUT2D eigenvalue weighted by Crippen LogP contribution is -2.68. The second kappa shape index (κ2) is 6.61. The second-order valence-corrected chi connectivity index (χ2v) is 14.2. The molecule has 5 rings (SSSR count). The number of ketones is 1. The Morgan fingerprint density at radius 3 is 2.28 bits per heavy atom. The maximum atomic E-state index is 14.0. The van der Waals surface area contributed by atoms with Crippen LogP contribution in [0.15, 0.2) is 23.3 Å². The Balaban J connectivity index is 1.63. The van der Waals surface area contributed by atoms with Crippen molar-refractivity contribution in [1.29, 1.82) is 0 Å². The molecule has 0 unspecified atom stereocenters. The summed E-state index contributed by atoms with van der Waals surface area (Å²) >= 11 is 0. The summed E-state index contributed by atoms with van der Waals surface area (Å²) in [6, 6.07) is 0. The molecule has 5 aliphatic rings. The van der Waals surface area contributed by atoms with Gasteiger partial charge in [0.15, 0.2) is 0 Å². The molecular weight excluding hydrogens is 392 g/mol. The molecule has 0 aromatic carbocycles. The first kappa shape index (κ1) is 22.9. The molecule has 3 saturated carbocycles. The average Bonchev–Trinajstić information content (AvgIpc) is 3.03. The van der Waals surface area contributed by atoms with Crippen molar-refractivity contribution in [2.75, 3.05) is 0 Å². The third kappa shape index (κ3) is 2.49. The second-order valence-electron chi connectivity index (χ2n) is 14.2. The molecule has 0 aromatic rings. The van der Waals surface area contributed by atoms with Gasteiger partial charge in [0.25, 0.3) is 0 Å². The lowest BCUT2D eigenvalue weighted by molar-refractivity contribution is -0.216. The van der Waals surface area contributed by atoms with Crippen molar-refractivity contribution in [3.63, 3.8) is 0 Å². The van der Waals surface area contributed by atoms with Crippen LogP contribution in [0.5, 0.6) is 0 Å². The molecule has 0 aliphatic heterocycles.